The first-order valence-corrected chi connectivity index (χ1v) is 21.1. The van der Waals surface area contributed by atoms with E-state index in [-0.39, 0.29) is 5.41 Å². The van der Waals surface area contributed by atoms with Crippen molar-refractivity contribution >= 4 is 75.4 Å². The van der Waals surface area contributed by atoms with Crippen molar-refractivity contribution in [1.82, 2.24) is 15.0 Å². The molecule has 60 heavy (non-hydrogen) atoms. The van der Waals surface area contributed by atoms with Gasteiger partial charge in [-0.3, -0.25) is 0 Å². The second-order valence-corrected chi connectivity index (χ2v) is 17.4. The van der Waals surface area contributed by atoms with E-state index < -0.39 is 0 Å². The normalized spacial score (nSPS) is 13.3. The van der Waals surface area contributed by atoms with E-state index in [2.05, 4.69) is 135 Å². The van der Waals surface area contributed by atoms with Crippen LogP contribution >= 0.6 is 11.3 Å². The Morgan fingerprint density at radius 2 is 0.967 bits per heavy atom. The van der Waals surface area contributed by atoms with Crippen LogP contribution in [0, 0.1) is 0 Å². The Hall–Kier alpha value is -7.41. The molecule has 4 heterocycles. The van der Waals surface area contributed by atoms with E-state index in [4.69, 9.17) is 23.8 Å². The lowest BCUT2D eigenvalue weighted by molar-refractivity contribution is 0.660. The van der Waals surface area contributed by atoms with Gasteiger partial charge in [0.05, 0.1) is 0 Å². The zero-order chi connectivity index (χ0) is 39.7. The van der Waals surface area contributed by atoms with Gasteiger partial charge in [0.25, 0.3) is 0 Å². The van der Waals surface area contributed by atoms with Gasteiger partial charge < -0.3 is 8.83 Å². The van der Waals surface area contributed by atoms with Gasteiger partial charge in [0.1, 0.15) is 22.3 Å². The topological polar surface area (TPSA) is 65.0 Å². The maximum absolute atomic E-state index is 6.61. The van der Waals surface area contributed by atoms with E-state index in [1.54, 1.807) is 11.3 Å². The van der Waals surface area contributed by atoms with Crippen LogP contribution in [0.4, 0.5) is 0 Å². The summed E-state index contributed by atoms with van der Waals surface area (Å²) < 4.78 is 15.3. The summed E-state index contributed by atoms with van der Waals surface area (Å²) in [5, 5.41) is 6.40. The fourth-order valence-electron chi connectivity index (χ4n) is 9.75. The smallest absolute Gasteiger partial charge is 0.164 e. The molecule has 6 heteroatoms. The Morgan fingerprint density at radius 1 is 0.400 bits per heavy atom. The summed E-state index contributed by atoms with van der Waals surface area (Å²) >= 11 is 1.79. The highest BCUT2D eigenvalue weighted by Crippen LogP contribution is 2.52. The maximum atomic E-state index is 6.61. The number of aromatic nitrogens is 3. The molecule has 12 aromatic rings. The zero-order valence-corrected chi connectivity index (χ0v) is 33.5. The standard InChI is InChI=1S/C54H33N3O2S/c1-54(2)40-18-6-3-13-34(40)48-32(15-9-19-41(48)54)30-24-26-44-39(28-30)49-36(16-10-21-45(49)59-44)52-55-51(31-25-27-43-38(29-31)33-12-4-7-20-42(33)58-43)56-53(57-52)37-17-11-23-47-50(37)35-14-5-8-22-46(35)60-47/h3-29H,1-2H3. The molecule has 4 aromatic heterocycles. The van der Waals surface area contributed by atoms with Crippen molar-refractivity contribution in [3.63, 3.8) is 0 Å². The average Bonchev–Trinajstić information content (AvgIpc) is 4.04. The van der Waals surface area contributed by atoms with Gasteiger partial charge in [-0.25, -0.2) is 15.0 Å². The molecule has 282 valence electrons. The van der Waals surface area contributed by atoms with Crippen LogP contribution in [0.3, 0.4) is 0 Å². The van der Waals surface area contributed by atoms with E-state index in [1.165, 1.54) is 42.6 Å². The lowest BCUT2D eigenvalue weighted by Crippen LogP contribution is -2.14. The number of benzene rings is 8. The molecule has 0 aliphatic heterocycles. The van der Waals surface area contributed by atoms with Crippen molar-refractivity contribution in [2.45, 2.75) is 19.3 Å². The third-order valence-corrected chi connectivity index (χ3v) is 13.7. The van der Waals surface area contributed by atoms with Crippen molar-refractivity contribution in [1.29, 1.82) is 0 Å². The van der Waals surface area contributed by atoms with Gasteiger partial charge >= 0.3 is 0 Å². The van der Waals surface area contributed by atoms with Gasteiger partial charge in [0.15, 0.2) is 17.5 Å². The fraction of sp³-hybridized carbons (Fsp3) is 0.0556. The number of furan rings is 2. The van der Waals surface area contributed by atoms with E-state index in [9.17, 15) is 0 Å². The highest BCUT2D eigenvalue weighted by atomic mass is 32.1. The lowest BCUT2D eigenvalue weighted by atomic mass is 9.82. The van der Waals surface area contributed by atoms with E-state index >= 15 is 0 Å². The first kappa shape index (κ1) is 33.6. The SMILES string of the molecule is CC1(C)c2ccccc2-c2c(-c3ccc4oc5cccc(-c6nc(-c7ccc8oc9ccccc9c8c7)nc(-c7cccc8sc9ccccc9c78)n6)c5c4c3)cccc21. The van der Waals surface area contributed by atoms with Crippen molar-refractivity contribution in [3.8, 4) is 56.4 Å². The molecular weight excluding hydrogens is 755 g/mol. The van der Waals surface area contributed by atoms with Crippen molar-refractivity contribution in [3.05, 3.63) is 175 Å². The molecule has 0 saturated heterocycles. The molecule has 0 unspecified atom stereocenters. The summed E-state index contributed by atoms with van der Waals surface area (Å²) in [5.41, 5.74) is 13.6. The molecule has 0 radical (unpaired) electrons. The number of nitrogens with zero attached hydrogens (tertiary/aromatic N) is 3. The molecule has 0 N–H and O–H groups in total. The third kappa shape index (κ3) is 4.76. The van der Waals surface area contributed by atoms with Crippen LogP contribution in [-0.4, -0.2) is 15.0 Å². The third-order valence-electron chi connectivity index (χ3n) is 12.6. The Bertz CT molecular complexity index is 3770. The summed E-state index contributed by atoms with van der Waals surface area (Å²) in [6, 6.07) is 57.7. The van der Waals surface area contributed by atoms with Gasteiger partial charge in [-0.15, -0.1) is 11.3 Å². The predicted octanol–water partition coefficient (Wildman–Crippen LogP) is 15.0. The van der Waals surface area contributed by atoms with Gasteiger partial charge in [-0.05, 0) is 88.0 Å². The minimum Gasteiger partial charge on any atom is -0.456 e. The predicted molar refractivity (Wildman–Crippen MR) is 247 cm³/mol. The summed E-state index contributed by atoms with van der Waals surface area (Å²) in [6.45, 7) is 4.66. The molecular formula is C54H33N3O2S. The largest absolute Gasteiger partial charge is 0.456 e. The van der Waals surface area contributed by atoms with E-state index in [0.29, 0.717) is 17.5 Å². The van der Waals surface area contributed by atoms with Crippen LogP contribution in [0.25, 0.3) is 120 Å². The Kier molecular flexibility index (Phi) is 6.88. The molecule has 1 aliphatic rings. The second-order valence-electron chi connectivity index (χ2n) is 16.3. The highest BCUT2D eigenvalue weighted by Gasteiger charge is 2.36. The molecule has 13 rings (SSSR count). The van der Waals surface area contributed by atoms with Gasteiger partial charge in [0.2, 0.25) is 0 Å². The number of hydrogen-bond acceptors (Lipinski definition) is 6. The first-order valence-electron chi connectivity index (χ1n) is 20.3. The highest BCUT2D eigenvalue weighted by molar-refractivity contribution is 7.25. The number of rotatable bonds is 4. The Balaban J connectivity index is 1.06. The van der Waals surface area contributed by atoms with Crippen molar-refractivity contribution < 1.29 is 8.83 Å². The molecule has 1 aliphatic carbocycles. The number of fused-ring (bicyclic) bond motifs is 12. The van der Waals surface area contributed by atoms with Crippen LogP contribution in [0.2, 0.25) is 0 Å². The van der Waals surface area contributed by atoms with Gasteiger partial charge in [0, 0.05) is 63.8 Å². The molecule has 0 fully saturated rings. The van der Waals surface area contributed by atoms with Crippen LogP contribution < -0.4 is 0 Å². The van der Waals surface area contributed by atoms with E-state index in [0.717, 1.165) is 71.5 Å². The van der Waals surface area contributed by atoms with Crippen LogP contribution in [-0.2, 0) is 5.41 Å². The van der Waals surface area contributed by atoms with Crippen molar-refractivity contribution in [2.24, 2.45) is 0 Å². The molecule has 0 atom stereocenters. The molecule has 0 amide bonds. The Morgan fingerprint density at radius 3 is 1.85 bits per heavy atom. The second kappa shape index (κ2) is 12.3. The van der Waals surface area contributed by atoms with Crippen LogP contribution in [0.5, 0.6) is 0 Å². The Labute approximate surface area is 348 Å². The van der Waals surface area contributed by atoms with Gasteiger partial charge in [-0.2, -0.15) is 0 Å². The molecule has 0 bridgehead atoms. The number of thiophene rings is 1. The number of hydrogen-bond donors (Lipinski definition) is 0. The first-order chi connectivity index (χ1) is 29.5. The van der Waals surface area contributed by atoms with Crippen molar-refractivity contribution in [2.75, 3.05) is 0 Å². The molecule has 0 spiro atoms. The average molecular weight is 788 g/mol. The lowest BCUT2D eigenvalue weighted by Gasteiger charge is -2.21. The number of para-hydroxylation sites is 1. The monoisotopic (exact) mass is 787 g/mol. The molecule has 5 nitrogen and oxygen atoms in total. The van der Waals surface area contributed by atoms with Crippen LogP contribution in [0.1, 0.15) is 25.0 Å². The molecule has 8 aromatic carbocycles. The summed E-state index contributed by atoms with van der Waals surface area (Å²) in [4.78, 5) is 16.0. The van der Waals surface area contributed by atoms with Crippen LogP contribution in [0.15, 0.2) is 173 Å². The minimum atomic E-state index is -0.0927. The summed E-state index contributed by atoms with van der Waals surface area (Å²) in [5.74, 6) is 1.79. The molecule has 0 saturated carbocycles. The quantitative estimate of drug-likeness (QED) is 0.178. The maximum Gasteiger partial charge on any atom is 0.164 e. The summed E-state index contributed by atoms with van der Waals surface area (Å²) in [7, 11) is 0. The van der Waals surface area contributed by atoms with E-state index in [1.807, 2.05) is 42.5 Å². The fourth-order valence-corrected chi connectivity index (χ4v) is 10.9. The zero-order valence-electron chi connectivity index (χ0n) is 32.7. The minimum absolute atomic E-state index is 0.0927. The summed E-state index contributed by atoms with van der Waals surface area (Å²) in [6.07, 6.45) is 0. The van der Waals surface area contributed by atoms with Gasteiger partial charge in [-0.1, -0.05) is 123 Å².